The van der Waals surface area contributed by atoms with Gasteiger partial charge in [0.25, 0.3) is 0 Å². The molecule has 1 spiro atoms. The summed E-state index contributed by atoms with van der Waals surface area (Å²) in [6.45, 7) is 7.08. The van der Waals surface area contributed by atoms with Crippen LogP contribution in [0.25, 0.3) is 0 Å². The molecule has 144 valence electrons. The second-order valence-corrected chi connectivity index (χ2v) is 8.66. The zero-order valence-electron chi connectivity index (χ0n) is 15.9. The molecule has 1 aromatic rings. The van der Waals surface area contributed by atoms with E-state index in [1.165, 1.54) is 0 Å². The summed E-state index contributed by atoms with van der Waals surface area (Å²) in [5.41, 5.74) is 0.860. The molecule has 0 radical (unpaired) electrons. The highest BCUT2D eigenvalue weighted by Crippen LogP contribution is 2.39. The third kappa shape index (κ3) is 4.14. The molecule has 0 saturated carbocycles. The Hall–Kier alpha value is -1.34. The fraction of sp³-hybridized carbons (Fsp3) is 0.737. The number of likely N-dealkylation sites (tertiary alicyclic amines) is 1. The van der Waals surface area contributed by atoms with Gasteiger partial charge in [-0.15, -0.1) is 0 Å². The van der Waals surface area contributed by atoms with Gasteiger partial charge in [-0.25, -0.2) is 9.97 Å². The van der Waals surface area contributed by atoms with Gasteiger partial charge in [0, 0.05) is 44.0 Å². The smallest absolute Gasteiger partial charge is 0.232 e. The predicted molar refractivity (Wildman–Crippen MR) is 105 cm³/mol. The van der Waals surface area contributed by atoms with Crippen LogP contribution in [0.5, 0.6) is 0 Å². The SMILES string of the molecule is CCSCC(=O)N1CCC[C@]2(C1)CN(c1ncc(CC)cn1)CC[C@H]2O. The van der Waals surface area contributed by atoms with Crippen molar-refractivity contribution in [3.05, 3.63) is 18.0 Å². The first-order chi connectivity index (χ1) is 12.6. The van der Waals surface area contributed by atoms with Gasteiger partial charge in [0.2, 0.25) is 11.9 Å². The monoisotopic (exact) mass is 378 g/mol. The van der Waals surface area contributed by atoms with Crippen molar-refractivity contribution in [1.82, 2.24) is 14.9 Å². The van der Waals surface area contributed by atoms with Crippen LogP contribution in [-0.4, -0.2) is 69.7 Å². The van der Waals surface area contributed by atoms with Crippen LogP contribution in [0.1, 0.15) is 38.7 Å². The fourth-order valence-corrected chi connectivity index (χ4v) is 4.63. The third-order valence-electron chi connectivity index (χ3n) is 5.66. The first kappa shape index (κ1) is 19.4. The van der Waals surface area contributed by atoms with Gasteiger partial charge >= 0.3 is 0 Å². The number of aromatic nitrogens is 2. The van der Waals surface area contributed by atoms with Crippen LogP contribution >= 0.6 is 11.8 Å². The van der Waals surface area contributed by atoms with Gasteiger partial charge in [-0.3, -0.25) is 4.79 Å². The number of aryl methyl sites for hydroxylation is 1. The number of amides is 1. The van der Waals surface area contributed by atoms with Crippen molar-refractivity contribution in [1.29, 1.82) is 0 Å². The molecule has 2 saturated heterocycles. The van der Waals surface area contributed by atoms with E-state index in [0.717, 1.165) is 49.6 Å². The van der Waals surface area contributed by atoms with Crippen molar-refractivity contribution in [2.45, 2.75) is 45.6 Å². The minimum atomic E-state index is -0.372. The van der Waals surface area contributed by atoms with Crippen LogP contribution in [0.2, 0.25) is 0 Å². The molecule has 7 heteroatoms. The number of carbonyl (C=O) groups excluding carboxylic acids is 1. The second-order valence-electron chi connectivity index (χ2n) is 7.39. The zero-order chi connectivity index (χ0) is 18.6. The Morgan fingerprint density at radius 3 is 2.77 bits per heavy atom. The summed E-state index contributed by atoms with van der Waals surface area (Å²) < 4.78 is 0. The van der Waals surface area contributed by atoms with Crippen LogP contribution < -0.4 is 4.90 Å². The normalized spacial score (nSPS) is 26.3. The minimum absolute atomic E-state index is 0.198. The molecule has 26 heavy (non-hydrogen) atoms. The van der Waals surface area contributed by atoms with Crippen LogP contribution in [0.15, 0.2) is 12.4 Å². The van der Waals surface area contributed by atoms with E-state index in [2.05, 4.69) is 28.7 Å². The molecular formula is C19H30N4O2S. The Labute approximate surface area is 160 Å². The first-order valence-corrected chi connectivity index (χ1v) is 10.8. The zero-order valence-corrected chi connectivity index (χ0v) is 16.7. The van der Waals surface area contributed by atoms with E-state index in [4.69, 9.17) is 0 Å². The number of piperidine rings is 2. The number of carbonyl (C=O) groups is 1. The maximum absolute atomic E-state index is 12.5. The highest BCUT2D eigenvalue weighted by atomic mass is 32.2. The molecule has 2 aliphatic heterocycles. The molecule has 1 amide bonds. The van der Waals surface area contributed by atoms with Crippen LogP contribution in [0.3, 0.4) is 0 Å². The number of thioether (sulfide) groups is 1. The summed E-state index contributed by atoms with van der Waals surface area (Å²) in [5.74, 6) is 2.42. The molecule has 1 N–H and O–H groups in total. The Balaban J connectivity index is 1.72. The summed E-state index contributed by atoms with van der Waals surface area (Å²) in [6, 6.07) is 0. The molecule has 0 aromatic carbocycles. The molecular weight excluding hydrogens is 348 g/mol. The van der Waals surface area contributed by atoms with Gasteiger partial charge in [-0.2, -0.15) is 11.8 Å². The Morgan fingerprint density at radius 1 is 1.31 bits per heavy atom. The van der Waals surface area contributed by atoms with E-state index in [0.29, 0.717) is 25.3 Å². The second kappa shape index (κ2) is 8.57. The molecule has 6 nitrogen and oxygen atoms in total. The molecule has 1 aromatic heterocycles. The van der Waals surface area contributed by atoms with Crippen molar-refractivity contribution in [2.24, 2.45) is 5.41 Å². The molecule has 0 unspecified atom stereocenters. The van der Waals surface area contributed by atoms with E-state index in [1.807, 2.05) is 17.3 Å². The minimum Gasteiger partial charge on any atom is -0.392 e. The fourth-order valence-electron chi connectivity index (χ4n) is 4.07. The number of hydrogen-bond donors (Lipinski definition) is 1. The predicted octanol–water partition coefficient (Wildman–Crippen LogP) is 1.97. The van der Waals surface area contributed by atoms with Crippen molar-refractivity contribution in [3.63, 3.8) is 0 Å². The summed E-state index contributed by atoms with van der Waals surface area (Å²) in [7, 11) is 0. The lowest BCUT2D eigenvalue weighted by atomic mass is 9.71. The topological polar surface area (TPSA) is 69.6 Å². The van der Waals surface area contributed by atoms with Crippen molar-refractivity contribution in [2.75, 3.05) is 42.6 Å². The van der Waals surface area contributed by atoms with Gasteiger partial charge in [0.05, 0.1) is 11.9 Å². The maximum Gasteiger partial charge on any atom is 0.232 e. The number of rotatable bonds is 5. The number of anilines is 1. The third-order valence-corrected chi connectivity index (χ3v) is 6.52. The molecule has 0 aliphatic carbocycles. The Morgan fingerprint density at radius 2 is 2.08 bits per heavy atom. The van der Waals surface area contributed by atoms with E-state index in [1.54, 1.807) is 11.8 Å². The van der Waals surface area contributed by atoms with Gasteiger partial charge in [0.1, 0.15) is 0 Å². The summed E-state index contributed by atoms with van der Waals surface area (Å²) in [4.78, 5) is 25.7. The average molecular weight is 379 g/mol. The van der Waals surface area contributed by atoms with Crippen LogP contribution in [0.4, 0.5) is 5.95 Å². The molecule has 3 heterocycles. The van der Waals surface area contributed by atoms with Gasteiger partial charge in [0.15, 0.2) is 0 Å². The average Bonchev–Trinajstić information content (AvgIpc) is 2.68. The van der Waals surface area contributed by atoms with Crippen molar-refractivity contribution >= 4 is 23.6 Å². The van der Waals surface area contributed by atoms with Crippen molar-refractivity contribution in [3.8, 4) is 0 Å². The lowest BCUT2D eigenvalue weighted by Crippen LogP contribution is -2.60. The number of aliphatic hydroxyl groups is 1. The maximum atomic E-state index is 12.5. The quantitative estimate of drug-likeness (QED) is 0.845. The standard InChI is InChI=1S/C19H30N4O2S/c1-3-15-10-20-18(21-11-15)23-9-6-16(24)19(14-23)7-5-8-22(13-19)17(25)12-26-4-2/h10-11,16,24H,3-9,12-14H2,1-2H3/t16-,19+/m1/s1. The Kier molecular flexibility index (Phi) is 6.40. The van der Waals surface area contributed by atoms with E-state index in [-0.39, 0.29) is 17.4 Å². The first-order valence-electron chi connectivity index (χ1n) is 9.67. The lowest BCUT2D eigenvalue weighted by molar-refractivity contribution is -0.135. The molecule has 2 fully saturated rings. The Bertz CT molecular complexity index is 612. The number of nitrogens with zero attached hydrogens (tertiary/aromatic N) is 4. The molecule has 0 bridgehead atoms. The number of aliphatic hydroxyl groups excluding tert-OH is 1. The summed E-state index contributed by atoms with van der Waals surface area (Å²) in [5, 5.41) is 10.8. The van der Waals surface area contributed by atoms with E-state index >= 15 is 0 Å². The molecule has 2 aliphatic rings. The summed E-state index contributed by atoms with van der Waals surface area (Å²) >= 11 is 1.66. The lowest BCUT2D eigenvalue weighted by Gasteiger charge is -2.51. The molecule has 2 atom stereocenters. The highest BCUT2D eigenvalue weighted by Gasteiger charge is 2.46. The number of hydrogen-bond acceptors (Lipinski definition) is 6. The largest absolute Gasteiger partial charge is 0.392 e. The molecule has 3 rings (SSSR count). The summed E-state index contributed by atoms with van der Waals surface area (Å²) in [6.07, 6.45) is 6.92. The van der Waals surface area contributed by atoms with Crippen molar-refractivity contribution < 1.29 is 9.90 Å². The van der Waals surface area contributed by atoms with E-state index in [9.17, 15) is 9.90 Å². The van der Waals surface area contributed by atoms with Crippen LogP contribution in [-0.2, 0) is 11.2 Å². The highest BCUT2D eigenvalue weighted by molar-refractivity contribution is 7.99. The van der Waals surface area contributed by atoms with Gasteiger partial charge in [-0.05, 0) is 37.0 Å². The van der Waals surface area contributed by atoms with E-state index < -0.39 is 0 Å². The van der Waals surface area contributed by atoms with Gasteiger partial charge < -0.3 is 14.9 Å². The van der Waals surface area contributed by atoms with Crippen LogP contribution in [0, 0.1) is 5.41 Å². The van der Waals surface area contributed by atoms with Gasteiger partial charge in [-0.1, -0.05) is 13.8 Å².